The highest BCUT2D eigenvalue weighted by Gasteiger charge is 2.25. The van der Waals surface area contributed by atoms with Crippen LogP contribution in [0.4, 0.5) is 11.4 Å². The Morgan fingerprint density at radius 3 is 2.56 bits per heavy atom. The molecule has 3 aromatic rings. The summed E-state index contributed by atoms with van der Waals surface area (Å²) in [5.74, 6) is 0.0409. The van der Waals surface area contributed by atoms with E-state index in [-0.39, 0.29) is 12.0 Å². The van der Waals surface area contributed by atoms with Gasteiger partial charge in [0.2, 0.25) is 0 Å². The number of carbonyl (C=O) groups excluding carboxylic acids is 1. The van der Waals surface area contributed by atoms with Crippen LogP contribution in [-0.2, 0) is 11.3 Å². The van der Waals surface area contributed by atoms with Crippen molar-refractivity contribution >= 4 is 17.3 Å². The number of hydrogen-bond donors (Lipinski definition) is 1. The number of amides is 1. The third-order valence-corrected chi connectivity index (χ3v) is 5.95. The lowest BCUT2D eigenvalue weighted by Gasteiger charge is -2.23. The molecule has 1 amide bonds. The van der Waals surface area contributed by atoms with E-state index in [0.717, 1.165) is 42.0 Å². The third kappa shape index (κ3) is 5.01. The molecule has 1 aliphatic rings. The van der Waals surface area contributed by atoms with E-state index in [9.17, 15) is 4.79 Å². The van der Waals surface area contributed by atoms with Crippen LogP contribution in [0.15, 0.2) is 78.9 Å². The average molecular weight is 430 g/mol. The van der Waals surface area contributed by atoms with Crippen molar-refractivity contribution in [1.29, 1.82) is 0 Å². The summed E-state index contributed by atoms with van der Waals surface area (Å²) in [6.45, 7) is 2.80. The van der Waals surface area contributed by atoms with Gasteiger partial charge >= 0.3 is 0 Å². The number of para-hydroxylation sites is 1. The molecule has 0 saturated carbocycles. The van der Waals surface area contributed by atoms with Crippen molar-refractivity contribution < 1.29 is 9.53 Å². The lowest BCUT2D eigenvalue weighted by Crippen LogP contribution is -2.33. The number of rotatable bonds is 8. The molecule has 1 aliphatic heterocycles. The van der Waals surface area contributed by atoms with E-state index in [0.29, 0.717) is 13.2 Å². The highest BCUT2D eigenvalue weighted by atomic mass is 16.5. The molecule has 0 fully saturated rings. The highest BCUT2D eigenvalue weighted by molar-refractivity contribution is 6.10. The predicted octanol–water partition coefficient (Wildman–Crippen LogP) is 4.65. The number of hydrogen-bond acceptors (Lipinski definition) is 4. The van der Waals surface area contributed by atoms with Gasteiger partial charge in [-0.25, -0.2) is 0 Å². The van der Waals surface area contributed by atoms with Crippen molar-refractivity contribution in [3.8, 4) is 0 Å². The molecule has 4 rings (SSSR count). The zero-order valence-corrected chi connectivity index (χ0v) is 18.8. The Morgan fingerprint density at radius 2 is 1.75 bits per heavy atom. The van der Waals surface area contributed by atoms with E-state index in [1.807, 2.05) is 73.6 Å². The van der Waals surface area contributed by atoms with E-state index >= 15 is 0 Å². The van der Waals surface area contributed by atoms with Crippen LogP contribution in [0, 0.1) is 0 Å². The molecule has 0 radical (unpaired) electrons. The van der Waals surface area contributed by atoms with Crippen LogP contribution >= 0.6 is 0 Å². The molecule has 1 N–H and O–H groups in total. The Bertz CT molecular complexity index is 1040. The average Bonchev–Trinajstić information content (AvgIpc) is 2.96. The van der Waals surface area contributed by atoms with Crippen LogP contribution in [0.3, 0.4) is 0 Å². The fourth-order valence-corrected chi connectivity index (χ4v) is 4.15. The zero-order chi connectivity index (χ0) is 22.3. The second kappa shape index (κ2) is 10.4. The molecule has 1 unspecified atom stereocenters. The molecule has 3 aromatic carbocycles. The molecule has 0 saturated heterocycles. The Morgan fingerprint density at radius 1 is 0.969 bits per heavy atom. The van der Waals surface area contributed by atoms with Crippen LogP contribution in [0.1, 0.15) is 34.0 Å². The van der Waals surface area contributed by atoms with Crippen molar-refractivity contribution in [2.45, 2.75) is 19.1 Å². The Balaban J connectivity index is 1.51. The second-order valence-electron chi connectivity index (χ2n) is 8.17. The van der Waals surface area contributed by atoms with Gasteiger partial charge in [0.25, 0.3) is 5.91 Å². The van der Waals surface area contributed by atoms with Crippen molar-refractivity contribution in [2.75, 3.05) is 43.5 Å². The van der Waals surface area contributed by atoms with E-state index in [4.69, 9.17) is 4.74 Å². The summed E-state index contributed by atoms with van der Waals surface area (Å²) < 4.78 is 6.33. The summed E-state index contributed by atoms with van der Waals surface area (Å²) in [4.78, 5) is 17.3. The molecule has 5 nitrogen and oxygen atoms in total. The van der Waals surface area contributed by atoms with Crippen LogP contribution in [0.25, 0.3) is 0 Å². The SMILES string of the molecule is CNCCC(OCc1cccc(N2CCN(C)c3ccccc3C2=O)c1)c1ccccc1. The molecule has 1 atom stereocenters. The predicted molar refractivity (Wildman–Crippen MR) is 130 cm³/mol. The lowest BCUT2D eigenvalue weighted by molar-refractivity contribution is 0.0344. The topological polar surface area (TPSA) is 44.8 Å². The Hall–Kier alpha value is -3.15. The number of nitrogens with one attached hydrogen (secondary N) is 1. The molecule has 166 valence electrons. The van der Waals surface area contributed by atoms with Gasteiger partial charge in [0, 0.05) is 31.5 Å². The highest BCUT2D eigenvalue weighted by Crippen LogP contribution is 2.28. The van der Waals surface area contributed by atoms with Gasteiger partial charge in [0.15, 0.2) is 0 Å². The van der Waals surface area contributed by atoms with Crippen molar-refractivity contribution in [2.24, 2.45) is 0 Å². The first-order valence-corrected chi connectivity index (χ1v) is 11.2. The number of fused-ring (bicyclic) bond motifs is 1. The van der Waals surface area contributed by atoms with Crippen LogP contribution in [-0.4, -0.2) is 39.6 Å². The van der Waals surface area contributed by atoms with E-state index < -0.39 is 0 Å². The first-order chi connectivity index (χ1) is 15.7. The van der Waals surface area contributed by atoms with Crippen LogP contribution in [0.5, 0.6) is 0 Å². The lowest BCUT2D eigenvalue weighted by atomic mass is 10.1. The van der Waals surface area contributed by atoms with Gasteiger partial charge in [0.1, 0.15) is 0 Å². The molecular weight excluding hydrogens is 398 g/mol. The van der Waals surface area contributed by atoms with E-state index in [1.165, 1.54) is 5.56 Å². The molecular formula is C27H31N3O2. The number of benzene rings is 3. The summed E-state index contributed by atoms with van der Waals surface area (Å²) >= 11 is 0. The van der Waals surface area contributed by atoms with Gasteiger partial charge in [-0.1, -0.05) is 54.6 Å². The smallest absolute Gasteiger partial charge is 0.260 e. The van der Waals surface area contributed by atoms with E-state index in [1.54, 1.807) is 0 Å². The summed E-state index contributed by atoms with van der Waals surface area (Å²) in [6.07, 6.45) is 0.918. The summed E-state index contributed by atoms with van der Waals surface area (Å²) in [5, 5.41) is 3.21. The van der Waals surface area contributed by atoms with Gasteiger partial charge in [-0.3, -0.25) is 4.79 Å². The standard InChI is InChI=1S/C27H31N3O2/c1-28-16-15-26(22-10-4-3-5-11-22)32-20-21-9-8-12-23(19-21)30-18-17-29(2)25-14-7-6-13-24(25)27(30)31/h3-14,19,26,28H,15-18,20H2,1-2H3. The maximum Gasteiger partial charge on any atom is 0.260 e. The molecule has 0 aromatic heterocycles. The Kier molecular flexibility index (Phi) is 7.20. The first-order valence-electron chi connectivity index (χ1n) is 11.2. The Labute approximate surface area is 190 Å². The van der Waals surface area contributed by atoms with Gasteiger partial charge in [-0.2, -0.15) is 0 Å². The minimum atomic E-state index is 0.0210. The van der Waals surface area contributed by atoms with Crippen molar-refractivity contribution in [1.82, 2.24) is 5.32 Å². The fourth-order valence-electron chi connectivity index (χ4n) is 4.15. The molecule has 5 heteroatoms. The van der Waals surface area contributed by atoms with Gasteiger partial charge < -0.3 is 19.9 Å². The number of ether oxygens (including phenoxy) is 1. The maximum absolute atomic E-state index is 13.3. The monoisotopic (exact) mass is 429 g/mol. The van der Waals surface area contributed by atoms with Crippen molar-refractivity contribution in [3.63, 3.8) is 0 Å². The fraction of sp³-hybridized carbons (Fsp3) is 0.296. The zero-order valence-electron chi connectivity index (χ0n) is 18.8. The van der Waals surface area contributed by atoms with Crippen LogP contribution in [0.2, 0.25) is 0 Å². The summed E-state index contributed by atoms with van der Waals surface area (Å²) in [6, 6.07) is 26.3. The van der Waals surface area contributed by atoms with Gasteiger partial charge in [-0.05, 0) is 55.4 Å². The number of anilines is 2. The summed E-state index contributed by atoms with van der Waals surface area (Å²) in [5.41, 5.74) is 4.88. The summed E-state index contributed by atoms with van der Waals surface area (Å²) in [7, 11) is 3.99. The van der Waals surface area contributed by atoms with Crippen LogP contribution < -0.4 is 15.1 Å². The van der Waals surface area contributed by atoms with E-state index in [2.05, 4.69) is 34.5 Å². The largest absolute Gasteiger partial charge is 0.372 e. The normalized spacial score (nSPS) is 14.8. The van der Waals surface area contributed by atoms with Crippen molar-refractivity contribution in [3.05, 3.63) is 95.6 Å². The first kappa shape index (κ1) is 22.1. The van der Waals surface area contributed by atoms with Gasteiger partial charge in [0.05, 0.1) is 18.3 Å². The number of nitrogens with zero attached hydrogens (tertiary/aromatic N) is 2. The quantitative estimate of drug-likeness (QED) is 0.566. The molecule has 0 bridgehead atoms. The molecule has 1 heterocycles. The maximum atomic E-state index is 13.3. The van der Waals surface area contributed by atoms with Gasteiger partial charge in [-0.15, -0.1) is 0 Å². The molecule has 32 heavy (non-hydrogen) atoms. The minimum Gasteiger partial charge on any atom is -0.372 e. The third-order valence-electron chi connectivity index (χ3n) is 5.95. The minimum absolute atomic E-state index is 0.0210. The second-order valence-corrected chi connectivity index (χ2v) is 8.17. The number of likely N-dealkylation sites (N-methyl/N-ethyl adjacent to an activating group) is 1. The molecule has 0 spiro atoms. The molecule has 0 aliphatic carbocycles. The number of carbonyl (C=O) groups is 1.